The summed E-state index contributed by atoms with van der Waals surface area (Å²) >= 11 is 0. The van der Waals surface area contributed by atoms with Crippen molar-refractivity contribution < 1.29 is 57.8 Å². The van der Waals surface area contributed by atoms with Gasteiger partial charge in [0.2, 0.25) is 41.2 Å². The van der Waals surface area contributed by atoms with Gasteiger partial charge < -0.3 is 47.5 Å². The van der Waals surface area contributed by atoms with Gasteiger partial charge in [-0.25, -0.2) is 0 Å². The van der Waals surface area contributed by atoms with Gasteiger partial charge in [0.05, 0.1) is 12.5 Å². The molecule has 54 heavy (non-hydrogen) atoms. The first-order valence-corrected chi connectivity index (χ1v) is 18.1. The lowest BCUT2D eigenvalue weighted by Gasteiger charge is -2.29. The molecule has 6 atom stereocenters. The van der Waals surface area contributed by atoms with Crippen molar-refractivity contribution in [2.24, 2.45) is 17.6 Å². The summed E-state index contributed by atoms with van der Waals surface area (Å²) in [5, 5.41) is 23.8. The SMILES string of the molecule is C=CCOC(=O)CC[C@H](NC(=O)[C@H](CC(=O)O)NC(=O)C(=O)[C@H](C)NC(=O)[C@H](C)NC(=O)[C@@H](NC(=O)[C@@H](NC(C)=O)C1CCCC1)C1CCCC1)C(N)=O. The minimum absolute atomic E-state index is 0.0760. The minimum Gasteiger partial charge on any atom is -0.481 e. The van der Waals surface area contributed by atoms with E-state index in [4.69, 9.17) is 10.5 Å². The first-order chi connectivity index (χ1) is 25.4. The molecule has 0 aromatic heterocycles. The average molecular weight is 764 g/mol. The molecule has 300 valence electrons. The first-order valence-electron chi connectivity index (χ1n) is 18.1. The molecule has 0 aromatic carbocycles. The molecule has 0 radical (unpaired) electrons. The maximum absolute atomic E-state index is 13.5. The number of amides is 7. The molecule has 0 aliphatic heterocycles. The number of ether oxygens (including phenoxy) is 1. The van der Waals surface area contributed by atoms with Crippen LogP contribution in [0, 0.1) is 11.8 Å². The summed E-state index contributed by atoms with van der Waals surface area (Å²) in [6.45, 7) is 7.10. The van der Waals surface area contributed by atoms with Gasteiger partial charge in [-0.1, -0.05) is 38.3 Å². The van der Waals surface area contributed by atoms with E-state index in [1.807, 2.05) is 5.32 Å². The molecular weight excluding hydrogens is 710 g/mol. The van der Waals surface area contributed by atoms with Crippen LogP contribution in [-0.2, 0) is 52.7 Å². The van der Waals surface area contributed by atoms with Crippen molar-refractivity contribution in [3.05, 3.63) is 12.7 Å². The quantitative estimate of drug-likeness (QED) is 0.0351. The van der Waals surface area contributed by atoms with Crippen molar-refractivity contribution in [2.45, 2.75) is 128 Å². The summed E-state index contributed by atoms with van der Waals surface area (Å²) in [5.74, 6) is -9.92. The Labute approximate surface area is 313 Å². The number of nitrogens with two attached hydrogens (primary N) is 1. The van der Waals surface area contributed by atoms with E-state index in [1.54, 1.807) is 0 Å². The number of carboxylic acid groups (broad SMARTS) is 1. The maximum Gasteiger partial charge on any atom is 0.306 e. The van der Waals surface area contributed by atoms with Gasteiger partial charge in [0.25, 0.3) is 5.91 Å². The van der Waals surface area contributed by atoms with Crippen molar-refractivity contribution in [3.63, 3.8) is 0 Å². The zero-order chi connectivity index (χ0) is 40.5. The molecule has 2 aliphatic rings. The van der Waals surface area contributed by atoms with Gasteiger partial charge in [-0.05, 0) is 57.8 Å². The van der Waals surface area contributed by atoms with Crippen LogP contribution >= 0.6 is 0 Å². The third-order valence-electron chi connectivity index (χ3n) is 9.35. The zero-order valence-electron chi connectivity index (χ0n) is 30.9. The highest BCUT2D eigenvalue weighted by atomic mass is 16.5. The second kappa shape index (κ2) is 22.0. The standard InChI is InChI=1S/C35H53N7O12/c1-5-16-54-26(46)15-14-23(30(36)48)40-32(50)24(17-25(44)45)41-35(53)29(47)18(2)37-31(49)19(3)38-33(51)28(22-12-8-9-13-22)42-34(52)27(39-20(4)43)21-10-6-7-11-21/h5,18-19,21-24,27-28H,1,6-17H2,2-4H3,(H2,36,48)(H,37,49)(H,38,51)(H,39,43)(H,40,50)(H,41,53)(H,42,52)(H,44,45)/t18-,19-,23-,24-,27-,28-/m0/s1. The van der Waals surface area contributed by atoms with Crippen LogP contribution in [0.15, 0.2) is 12.7 Å². The molecular formula is C35H53N7O12. The van der Waals surface area contributed by atoms with Crippen LogP contribution in [0.1, 0.15) is 91.4 Å². The summed E-state index contributed by atoms with van der Waals surface area (Å²) in [5.41, 5.74) is 5.30. The molecule has 0 spiro atoms. The number of esters is 1. The van der Waals surface area contributed by atoms with E-state index >= 15 is 0 Å². The van der Waals surface area contributed by atoms with Crippen LogP contribution in [0.4, 0.5) is 0 Å². The summed E-state index contributed by atoms with van der Waals surface area (Å²) in [6.07, 6.45) is 5.99. The number of nitrogens with one attached hydrogen (secondary N) is 6. The molecule has 0 bridgehead atoms. The van der Waals surface area contributed by atoms with Crippen LogP contribution in [-0.4, -0.2) is 107 Å². The zero-order valence-corrected chi connectivity index (χ0v) is 30.9. The third kappa shape index (κ3) is 14.6. The van der Waals surface area contributed by atoms with Gasteiger partial charge in [0.1, 0.15) is 36.8 Å². The molecule has 9 N–H and O–H groups in total. The smallest absolute Gasteiger partial charge is 0.306 e. The Morgan fingerprint density at radius 2 is 1.24 bits per heavy atom. The number of primary amides is 1. The summed E-state index contributed by atoms with van der Waals surface area (Å²) in [7, 11) is 0. The molecule has 19 heteroatoms. The van der Waals surface area contributed by atoms with Gasteiger partial charge in [0.15, 0.2) is 0 Å². The second-order valence-electron chi connectivity index (χ2n) is 13.7. The predicted octanol–water partition coefficient (Wildman–Crippen LogP) is -1.63. The highest BCUT2D eigenvalue weighted by Crippen LogP contribution is 2.30. The highest BCUT2D eigenvalue weighted by molar-refractivity contribution is 6.38. The third-order valence-corrected chi connectivity index (χ3v) is 9.35. The van der Waals surface area contributed by atoms with Crippen LogP contribution in [0.3, 0.4) is 0 Å². The molecule has 2 rings (SSSR count). The van der Waals surface area contributed by atoms with E-state index in [9.17, 15) is 53.1 Å². The van der Waals surface area contributed by atoms with Crippen molar-refractivity contribution in [3.8, 4) is 0 Å². The lowest BCUT2D eigenvalue weighted by molar-refractivity contribution is -0.144. The molecule has 2 saturated carbocycles. The number of hydrogen-bond acceptors (Lipinski definition) is 11. The lowest BCUT2D eigenvalue weighted by atomic mass is 9.93. The van der Waals surface area contributed by atoms with E-state index in [2.05, 4.69) is 33.2 Å². The van der Waals surface area contributed by atoms with E-state index in [0.29, 0.717) is 12.8 Å². The minimum atomic E-state index is -1.86. The first kappa shape index (κ1) is 44.8. The Morgan fingerprint density at radius 3 is 1.74 bits per heavy atom. The monoisotopic (exact) mass is 763 g/mol. The lowest BCUT2D eigenvalue weighted by Crippen LogP contribution is -2.60. The summed E-state index contributed by atoms with van der Waals surface area (Å²) in [4.78, 5) is 126. The van der Waals surface area contributed by atoms with E-state index in [0.717, 1.165) is 45.4 Å². The van der Waals surface area contributed by atoms with Crippen molar-refractivity contribution in [2.75, 3.05) is 6.61 Å². The van der Waals surface area contributed by atoms with Gasteiger partial charge in [-0.15, -0.1) is 0 Å². The van der Waals surface area contributed by atoms with Crippen LogP contribution in [0.25, 0.3) is 0 Å². The van der Waals surface area contributed by atoms with E-state index in [1.165, 1.54) is 19.9 Å². The largest absolute Gasteiger partial charge is 0.481 e. The second-order valence-corrected chi connectivity index (χ2v) is 13.7. The fourth-order valence-corrected chi connectivity index (χ4v) is 6.47. The number of carbonyl (C=O) groups is 10. The van der Waals surface area contributed by atoms with Crippen LogP contribution < -0.4 is 37.6 Å². The molecule has 2 aliphatic carbocycles. The molecule has 2 fully saturated rings. The Hall–Kier alpha value is -5.36. The Balaban J connectivity index is 2.04. The molecule has 7 amide bonds. The fraction of sp³-hybridized carbons (Fsp3) is 0.657. The number of hydrogen-bond donors (Lipinski definition) is 8. The summed E-state index contributed by atoms with van der Waals surface area (Å²) in [6, 6.07) is -7.90. The normalized spacial score (nSPS) is 17.6. The number of carbonyl (C=O) groups excluding carboxylic acids is 9. The summed E-state index contributed by atoms with van der Waals surface area (Å²) < 4.78 is 4.80. The van der Waals surface area contributed by atoms with Gasteiger partial charge in [0, 0.05) is 13.3 Å². The van der Waals surface area contributed by atoms with Gasteiger partial charge >= 0.3 is 11.9 Å². The van der Waals surface area contributed by atoms with Gasteiger partial charge in [-0.3, -0.25) is 47.9 Å². The molecule has 0 unspecified atom stereocenters. The number of carboxylic acids is 1. The van der Waals surface area contributed by atoms with Crippen LogP contribution in [0.2, 0.25) is 0 Å². The molecule has 0 saturated heterocycles. The fourth-order valence-electron chi connectivity index (χ4n) is 6.47. The number of Topliss-reactive ketones (excluding diaryl/α,β-unsaturated/α-hetero) is 1. The van der Waals surface area contributed by atoms with Gasteiger partial charge in [-0.2, -0.15) is 0 Å². The maximum atomic E-state index is 13.5. The molecule has 19 nitrogen and oxygen atoms in total. The number of aliphatic carboxylic acids is 1. The number of ketones is 1. The van der Waals surface area contributed by atoms with Crippen LogP contribution in [0.5, 0.6) is 0 Å². The Bertz CT molecular complexity index is 1440. The Kier molecular flexibility index (Phi) is 18.2. The topological polar surface area (TPSA) is 298 Å². The highest BCUT2D eigenvalue weighted by Gasteiger charge is 2.38. The van der Waals surface area contributed by atoms with E-state index in [-0.39, 0.29) is 37.2 Å². The van der Waals surface area contributed by atoms with Crippen molar-refractivity contribution in [1.82, 2.24) is 31.9 Å². The average Bonchev–Trinajstić information content (AvgIpc) is 3.84. The molecule has 0 heterocycles. The van der Waals surface area contributed by atoms with E-state index < -0.39 is 95.8 Å². The van der Waals surface area contributed by atoms with Crippen molar-refractivity contribution >= 4 is 59.1 Å². The van der Waals surface area contributed by atoms with Crippen molar-refractivity contribution in [1.29, 1.82) is 0 Å². The predicted molar refractivity (Wildman–Crippen MR) is 189 cm³/mol. The Morgan fingerprint density at radius 1 is 0.722 bits per heavy atom. The number of rotatable bonds is 22. The molecule has 0 aromatic rings.